The van der Waals surface area contributed by atoms with Gasteiger partial charge in [-0.15, -0.1) is 11.6 Å². The number of alkyl halides is 1. The van der Waals surface area contributed by atoms with Gasteiger partial charge in [0.15, 0.2) is 0 Å². The predicted octanol–water partition coefficient (Wildman–Crippen LogP) is 3.47. The van der Waals surface area contributed by atoms with Crippen LogP contribution in [0, 0.1) is 0 Å². The first-order valence-electron chi connectivity index (χ1n) is 4.16. The number of benzene rings is 1. The van der Waals surface area contributed by atoms with E-state index < -0.39 is 0 Å². The second kappa shape index (κ2) is 4.03. The molecule has 0 spiro atoms. The molecule has 2 nitrogen and oxygen atoms in total. The lowest BCUT2D eigenvalue weighted by Crippen LogP contribution is -1.83. The van der Waals surface area contributed by atoms with Crippen LogP contribution in [0.15, 0.2) is 30.5 Å². The zero-order chi connectivity index (χ0) is 9.97. The fraction of sp³-hybridized carbons (Fsp3) is 0.100. The number of hydrogen-bond donors (Lipinski definition) is 1. The standard InChI is InChI=1S/C10H8Cl2N2/c11-5-10-8(6-13-14-10)7-3-1-2-4-9(7)12/h1-4,6H,5H2,(H,13,14). The van der Waals surface area contributed by atoms with E-state index in [-0.39, 0.29) is 0 Å². The molecule has 1 aromatic carbocycles. The van der Waals surface area contributed by atoms with Gasteiger partial charge in [-0.25, -0.2) is 0 Å². The molecule has 1 aromatic heterocycles. The summed E-state index contributed by atoms with van der Waals surface area (Å²) in [6.07, 6.45) is 1.74. The molecule has 0 radical (unpaired) electrons. The number of hydrogen-bond acceptors (Lipinski definition) is 1. The van der Waals surface area contributed by atoms with Crippen LogP contribution in [0.4, 0.5) is 0 Å². The molecule has 0 aliphatic carbocycles. The molecule has 0 saturated heterocycles. The summed E-state index contributed by atoms with van der Waals surface area (Å²) < 4.78 is 0. The normalized spacial score (nSPS) is 10.4. The van der Waals surface area contributed by atoms with Gasteiger partial charge < -0.3 is 0 Å². The van der Waals surface area contributed by atoms with Crippen LogP contribution in [-0.4, -0.2) is 10.2 Å². The van der Waals surface area contributed by atoms with E-state index in [0.717, 1.165) is 16.8 Å². The number of halogens is 2. The van der Waals surface area contributed by atoms with E-state index in [2.05, 4.69) is 10.2 Å². The Morgan fingerprint density at radius 2 is 2.00 bits per heavy atom. The molecule has 0 atom stereocenters. The molecule has 0 aliphatic rings. The maximum Gasteiger partial charge on any atom is 0.0647 e. The lowest BCUT2D eigenvalue weighted by atomic mass is 10.1. The van der Waals surface area contributed by atoms with Crippen molar-refractivity contribution in [2.75, 3.05) is 0 Å². The molecule has 0 unspecified atom stereocenters. The van der Waals surface area contributed by atoms with Gasteiger partial charge in [0.1, 0.15) is 0 Å². The van der Waals surface area contributed by atoms with Gasteiger partial charge in [0.05, 0.1) is 17.8 Å². The Hall–Kier alpha value is -0.990. The number of nitrogens with one attached hydrogen (secondary N) is 1. The predicted molar refractivity (Wildman–Crippen MR) is 58.6 cm³/mol. The van der Waals surface area contributed by atoms with Crippen LogP contribution in [0.5, 0.6) is 0 Å². The largest absolute Gasteiger partial charge is 0.281 e. The Morgan fingerprint density at radius 3 is 2.71 bits per heavy atom. The molecule has 4 heteroatoms. The highest BCUT2D eigenvalue weighted by Gasteiger charge is 2.08. The SMILES string of the molecule is ClCc1[nH]ncc1-c1ccccc1Cl. The van der Waals surface area contributed by atoms with Gasteiger partial charge in [-0.05, 0) is 6.07 Å². The molecule has 0 amide bonds. The summed E-state index contributed by atoms with van der Waals surface area (Å²) in [4.78, 5) is 0. The van der Waals surface area contributed by atoms with Crippen LogP contribution in [0.3, 0.4) is 0 Å². The van der Waals surface area contributed by atoms with Crippen LogP contribution in [-0.2, 0) is 5.88 Å². The average molecular weight is 227 g/mol. The number of nitrogens with zero attached hydrogens (tertiary/aromatic N) is 1. The van der Waals surface area contributed by atoms with E-state index in [0.29, 0.717) is 10.9 Å². The maximum atomic E-state index is 6.06. The van der Waals surface area contributed by atoms with Gasteiger partial charge in [0, 0.05) is 16.1 Å². The van der Waals surface area contributed by atoms with E-state index in [4.69, 9.17) is 23.2 Å². The Kier molecular flexibility index (Phi) is 2.75. The summed E-state index contributed by atoms with van der Waals surface area (Å²) in [6, 6.07) is 7.63. The third kappa shape index (κ3) is 1.63. The Balaban J connectivity index is 2.54. The first-order valence-corrected chi connectivity index (χ1v) is 5.07. The monoisotopic (exact) mass is 226 g/mol. The van der Waals surface area contributed by atoms with E-state index in [1.165, 1.54) is 0 Å². The van der Waals surface area contributed by atoms with Gasteiger partial charge >= 0.3 is 0 Å². The zero-order valence-corrected chi connectivity index (χ0v) is 8.81. The third-order valence-electron chi connectivity index (χ3n) is 2.02. The van der Waals surface area contributed by atoms with E-state index in [1.54, 1.807) is 6.20 Å². The summed E-state index contributed by atoms with van der Waals surface area (Å²) in [6.45, 7) is 0. The van der Waals surface area contributed by atoms with Crippen molar-refractivity contribution < 1.29 is 0 Å². The second-order valence-electron chi connectivity index (χ2n) is 2.88. The van der Waals surface area contributed by atoms with Gasteiger partial charge in [-0.1, -0.05) is 29.8 Å². The van der Waals surface area contributed by atoms with Gasteiger partial charge in [0.2, 0.25) is 0 Å². The van der Waals surface area contributed by atoms with Crippen molar-refractivity contribution in [1.29, 1.82) is 0 Å². The van der Waals surface area contributed by atoms with E-state index >= 15 is 0 Å². The summed E-state index contributed by atoms with van der Waals surface area (Å²) in [5.74, 6) is 0.403. The molecule has 0 fully saturated rings. The van der Waals surface area contributed by atoms with Crippen molar-refractivity contribution in [2.45, 2.75) is 5.88 Å². The summed E-state index contributed by atoms with van der Waals surface area (Å²) >= 11 is 11.8. The van der Waals surface area contributed by atoms with Crippen molar-refractivity contribution >= 4 is 23.2 Å². The third-order valence-corrected chi connectivity index (χ3v) is 2.61. The van der Waals surface area contributed by atoms with Crippen molar-refractivity contribution in [3.8, 4) is 11.1 Å². The van der Waals surface area contributed by atoms with Crippen LogP contribution >= 0.6 is 23.2 Å². The molecule has 0 saturated carbocycles. The quantitative estimate of drug-likeness (QED) is 0.781. The van der Waals surface area contributed by atoms with Crippen LogP contribution in [0.2, 0.25) is 5.02 Å². The maximum absolute atomic E-state index is 6.06. The highest BCUT2D eigenvalue weighted by atomic mass is 35.5. The fourth-order valence-corrected chi connectivity index (χ4v) is 1.77. The smallest absolute Gasteiger partial charge is 0.0647 e. The Labute approximate surface area is 91.9 Å². The minimum Gasteiger partial charge on any atom is -0.281 e. The highest BCUT2D eigenvalue weighted by Crippen LogP contribution is 2.29. The number of aromatic amines is 1. The molecule has 14 heavy (non-hydrogen) atoms. The average Bonchev–Trinajstić information content (AvgIpc) is 2.66. The molecule has 1 N–H and O–H groups in total. The van der Waals surface area contributed by atoms with Crippen molar-refractivity contribution in [2.24, 2.45) is 0 Å². The summed E-state index contributed by atoms with van der Waals surface area (Å²) in [5.41, 5.74) is 2.81. The Bertz CT molecular complexity index is 437. The molecule has 72 valence electrons. The fourth-order valence-electron chi connectivity index (χ4n) is 1.33. The van der Waals surface area contributed by atoms with Gasteiger partial charge in [-0.2, -0.15) is 5.10 Å². The zero-order valence-electron chi connectivity index (χ0n) is 7.30. The highest BCUT2D eigenvalue weighted by molar-refractivity contribution is 6.33. The first-order chi connectivity index (χ1) is 6.83. The number of aromatic nitrogens is 2. The first kappa shape index (κ1) is 9.56. The molecule has 2 aromatic rings. The molecule has 0 aliphatic heterocycles. The molecule has 2 rings (SSSR count). The number of H-pyrrole nitrogens is 1. The van der Waals surface area contributed by atoms with E-state index in [1.807, 2.05) is 24.3 Å². The molecular formula is C10H8Cl2N2. The molecular weight excluding hydrogens is 219 g/mol. The number of rotatable bonds is 2. The Morgan fingerprint density at radius 1 is 1.21 bits per heavy atom. The van der Waals surface area contributed by atoms with Gasteiger partial charge in [-0.3, -0.25) is 5.10 Å². The summed E-state index contributed by atoms with van der Waals surface area (Å²) in [5, 5.41) is 7.49. The van der Waals surface area contributed by atoms with Gasteiger partial charge in [0.25, 0.3) is 0 Å². The van der Waals surface area contributed by atoms with Crippen molar-refractivity contribution in [1.82, 2.24) is 10.2 Å². The minimum atomic E-state index is 0.403. The topological polar surface area (TPSA) is 28.7 Å². The van der Waals surface area contributed by atoms with E-state index in [9.17, 15) is 0 Å². The summed E-state index contributed by atoms with van der Waals surface area (Å²) in [7, 11) is 0. The van der Waals surface area contributed by atoms with Crippen LogP contribution in [0.1, 0.15) is 5.69 Å². The lowest BCUT2D eigenvalue weighted by Gasteiger charge is -2.02. The molecule has 1 heterocycles. The lowest BCUT2D eigenvalue weighted by molar-refractivity contribution is 1.04. The van der Waals surface area contributed by atoms with Crippen molar-refractivity contribution in [3.63, 3.8) is 0 Å². The molecule has 0 bridgehead atoms. The van der Waals surface area contributed by atoms with Crippen molar-refractivity contribution in [3.05, 3.63) is 41.2 Å². The minimum absolute atomic E-state index is 0.403. The van der Waals surface area contributed by atoms with Crippen LogP contribution < -0.4 is 0 Å². The van der Waals surface area contributed by atoms with Crippen LogP contribution in [0.25, 0.3) is 11.1 Å². The second-order valence-corrected chi connectivity index (χ2v) is 3.55.